The third-order valence-corrected chi connectivity index (χ3v) is 6.90. The van der Waals surface area contributed by atoms with Gasteiger partial charge in [-0.15, -0.1) is 0 Å². The normalized spacial score (nSPS) is 17.9. The Balaban J connectivity index is 1.60. The zero-order chi connectivity index (χ0) is 22.9. The van der Waals surface area contributed by atoms with Crippen molar-refractivity contribution in [1.29, 1.82) is 0 Å². The molecule has 0 saturated carbocycles. The van der Waals surface area contributed by atoms with Gasteiger partial charge in [-0.3, -0.25) is 4.98 Å². The molecule has 0 aliphatic carbocycles. The van der Waals surface area contributed by atoms with Crippen LogP contribution in [0.25, 0.3) is 11.3 Å². The molecule has 5 rings (SSSR count). The number of aromatic nitrogens is 1. The Bertz CT molecular complexity index is 1290. The van der Waals surface area contributed by atoms with Crippen molar-refractivity contribution >= 4 is 34.6 Å². The van der Waals surface area contributed by atoms with Crippen LogP contribution in [0.15, 0.2) is 83.4 Å². The summed E-state index contributed by atoms with van der Waals surface area (Å²) in [4.78, 5) is 6.74. The van der Waals surface area contributed by atoms with E-state index in [0.29, 0.717) is 5.11 Å². The summed E-state index contributed by atoms with van der Waals surface area (Å²) in [5.74, 6) is 1.59. The second-order valence-corrected chi connectivity index (χ2v) is 8.92. The van der Waals surface area contributed by atoms with Crippen molar-refractivity contribution in [3.63, 3.8) is 0 Å². The molecule has 0 bridgehead atoms. The molecule has 6 heteroatoms. The Hall–Kier alpha value is -3.15. The summed E-state index contributed by atoms with van der Waals surface area (Å²) in [6, 6.07) is 24.0. The fraction of sp³-hybridized carbons (Fsp3) is 0.185. The number of benzene rings is 2. The van der Waals surface area contributed by atoms with E-state index < -0.39 is 0 Å². The lowest BCUT2D eigenvalue weighted by Gasteiger charge is -2.26. The van der Waals surface area contributed by atoms with E-state index in [4.69, 9.17) is 28.2 Å². The van der Waals surface area contributed by atoms with Gasteiger partial charge in [0.2, 0.25) is 0 Å². The highest BCUT2D eigenvalue weighted by Crippen LogP contribution is 2.43. The smallest absolute Gasteiger partial charge is 0.174 e. The first-order valence-electron chi connectivity index (χ1n) is 11.0. The van der Waals surface area contributed by atoms with Crippen LogP contribution in [0.2, 0.25) is 5.02 Å². The van der Waals surface area contributed by atoms with Gasteiger partial charge < -0.3 is 14.6 Å². The maximum atomic E-state index is 6.46. The number of rotatable bonds is 5. The van der Waals surface area contributed by atoms with Crippen molar-refractivity contribution in [3.8, 4) is 11.3 Å². The zero-order valence-corrected chi connectivity index (χ0v) is 20.0. The first-order chi connectivity index (χ1) is 16.1. The number of thiocarbonyl (C=S) groups is 1. The SMILES string of the molecule is CCc1ccc(N2C(=S)N[C@@H](c3ccccn3)[C@H]2c2ccc(-c3cccc(Cl)c3C)o2)cc1. The van der Waals surface area contributed by atoms with E-state index in [1.165, 1.54) is 5.56 Å². The Morgan fingerprint density at radius 2 is 1.85 bits per heavy atom. The number of pyridine rings is 1. The van der Waals surface area contributed by atoms with E-state index in [1.807, 2.05) is 55.5 Å². The van der Waals surface area contributed by atoms with Gasteiger partial charge in [0, 0.05) is 22.5 Å². The Labute approximate surface area is 204 Å². The summed E-state index contributed by atoms with van der Waals surface area (Å²) >= 11 is 12.2. The molecule has 1 aliphatic rings. The first kappa shape index (κ1) is 21.7. The summed E-state index contributed by atoms with van der Waals surface area (Å²) in [5.41, 5.74) is 5.19. The van der Waals surface area contributed by atoms with Gasteiger partial charge in [-0.1, -0.05) is 48.9 Å². The Morgan fingerprint density at radius 3 is 2.58 bits per heavy atom. The lowest BCUT2D eigenvalue weighted by atomic mass is 10.0. The molecule has 1 N–H and O–H groups in total. The molecule has 0 radical (unpaired) electrons. The van der Waals surface area contributed by atoms with Crippen molar-refractivity contribution in [2.45, 2.75) is 32.4 Å². The third-order valence-electron chi connectivity index (χ3n) is 6.17. The van der Waals surface area contributed by atoms with Crippen molar-refractivity contribution in [3.05, 3.63) is 107 Å². The summed E-state index contributed by atoms with van der Waals surface area (Å²) in [6.07, 6.45) is 2.79. The van der Waals surface area contributed by atoms with Gasteiger partial charge >= 0.3 is 0 Å². The molecule has 2 aromatic heterocycles. The van der Waals surface area contributed by atoms with Crippen LogP contribution < -0.4 is 10.2 Å². The standard InChI is InChI=1S/C27H24ClN3OS/c1-3-18-10-12-19(13-11-18)31-26(25(30-27(31)33)22-9-4-5-16-29-22)24-15-14-23(32-24)20-7-6-8-21(28)17(20)2/h4-16,25-26H,3H2,1-2H3,(H,30,33)/t25-,26+/m0/s1. The summed E-state index contributed by atoms with van der Waals surface area (Å²) in [7, 11) is 0. The predicted molar refractivity (Wildman–Crippen MR) is 138 cm³/mol. The molecule has 33 heavy (non-hydrogen) atoms. The highest BCUT2D eigenvalue weighted by atomic mass is 35.5. The lowest BCUT2D eigenvalue weighted by Crippen LogP contribution is -2.29. The minimum Gasteiger partial charge on any atom is -0.459 e. The van der Waals surface area contributed by atoms with Crippen LogP contribution in [0, 0.1) is 6.92 Å². The minimum atomic E-state index is -0.187. The molecule has 0 amide bonds. The molecule has 3 heterocycles. The van der Waals surface area contributed by atoms with E-state index in [2.05, 4.69) is 46.4 Å². The monoisotopic (exact) mass is 473 g/mol. The minimum absolute atomic E-state index is 0.149. The molecular formula is C27H24ClN3OS. The van der Waals surface area contributed by atoms with E-state index in [0.717, 1.165) is 45.5 Å². The van der Waals surface area contributed by atoms with Crippen LogP contribution in [-0.4, -0.2) is 10.1 Å². The summed E-state index contributed by atoms with van der Waals surface area (Å²) in [5, 5.41) is 4.85. The number of hydrogen-bond donors (Lipinski definition) is 1. The lowest BCUT2D eigenvalue weighted by molar-refractivity contribution is 0.439. The number of furan rings is 1. The topological polar surface area (TPSA) is 41.3 Å². The first-order valence-corrected chi connectivity index (χ1v) is 11.8. The highest BCUT2D eigenvalue weighted by molar-refractivity contribution is 7.80. The zero-order valence-electron chi connectivity index (χ0n) is 18.5. The van der Waals surface area contributed by atoms with E-state index in [1.54, 1.807) is 6.20 Å². The molecule has 2 aromatic carbocycles. The largest absolute Gasteiger partial charge is 0.459 e. The molecule has 4 nitrogen and oxygen atoms in total. The van der Waals surface area contributed by atoms with Gasteiger partial charge in [0.15, 0.2) is 5.11 Å². The average molecular weight is 474 g/mol. The molecule has 1 aliphatic heterocycles. The molecule has 4 aromatic rings. The number of nitrogens with one attached hydrogen (secondary N) is 1. The van der Waals surface area contributed by atoms with Gasteiger partial charge in [-0.2, -0.15) is 0 Å². The van der Waals surface area contributed by atoms with E-state index >= 15 is 0 Å². The van der Waals surface area contributed by atoms with Crippen LogP contribution in [0.3, 0.4) is 0 Å². The Kier molecular flexibility index (Phi) is 5.92. The van der Waals surface area contributed by atoms with Crippen molar-refractivity contribution in [2.24, 2.45) is 0 Å². The number of hydrogen-bond acceptors (Lipinski definition) is 3. The second-order valence-electron chi connectivity index (χ2n) is 8.13. The van der Waals surface area contributed by atoms with Gasteiger partial charge in [0.25, 0.3) is 0 Å². The maximum absolute atomic E-state index is 6.46. The number of aryl methyl sites for hydroxylation is 1. The van der Waals surface area contributed by atoms with Gasteiger partial charge in [0.1, 0.15) is 17.6 Å². The van der Waals surface area contributed by atoms with Crippen molar-refractivity contribution in [2.75, 3.05) is 4.90 Å². The fourth-order valence-electron chi connectivity index (χ4n) is 4.35. The molecule has 166 valence electrons. The van der Waals surface area contributed by atoms with E-state index in [-0.39, 0.29) is 12.1 Å². The number of nitrogens with zero attached hydrogens (tertiary/aromatic N) is 2. The molecule has 0 spiro atoms. The van der Waals surface area contributed by atoms with Gasteiger partial charge in [-0.25, -0.2) is 0 Å². The molecule has 0 unspecified atom stereocenters. The fourth-order valence-corrected chi connectivity index (χ4v) is 4.87. The molecule has 2 atom stereocenters. The van der Waals surface area contributed by atoms with Crippen LogP contribution >= 0.6 is 23.8 Å². The number of halogens is 1. The second kappa shape index (κ2) is 9.00. The average Bonchev–Trinajstić information content (AvgIpc) is 3.46. The van der Waals surface area contributed by atoms with E-state index in [9.17, 15) is 0 Å². The quantitative estimate of drug-likeness (QED) is 0.315. The van der Waals surface area contributed by atoms with Crippen molar-refractivity contribution in [1.82, 2.24) is 10.3 Å². The van der Waals surface area contributed by atoms with Crippen LogP contribution in [0.5, 0.6) is 0 Å². The Morgan fingerprint density at radius 1 is 1.03 bits per heavy atom. The predicted octanol–water partition coefficient (Wildman–Crippen LogP) is 7.04. The van der Waals surface area contributed by atoms with Crippen molar-refractivity contribution < 1.29 is 4.42 Å². The molecule has 1 saturated heterocycles. The van der Waals surface area contributed by atoms with Crippen LogP contribution in [0.1, 0.15) is 41.6 Å². The maximum Gasteiger partial charge on any atom is 0.174 e. The highest BCUT2D eigenvalue weighted by Gasteiger charge is 2.42. The molecule has 1 fully saturated rings. The third kappa shape index (κ3) is 4.03. The van der Waals surface area contributed by atoms with Gasteiger partial charge in [0.05, 0.1) is 11.7 Å². The summed E-state index contributed by atoms with van der Waals surface area (Å²) < 4.78 is 6.46. The molecular weight excluding hydrogens is 450 g/mol. The van der Waals surface area contributed by atoms with Crippen LogP contribution in [0.4, 0.5) is 5.69 Å². The van der Waals surface area contributed by atoms with Crippen LogP contribution in [-0.2, 0) is 6.42 Å². The van der Waals surface area contributed by atoms with Gasteiger partial charge in [-0.05, 0) is 79.2 Å². The number of anilines is 1. The summed E-state index contributed by atoms with van der Waals surface area (Å²) in [6.45, 7) is 4.16.